The zero-order valence-electron chi connectivity index (χ0n) is 22.7. The molecule has 0 bridgehead atoms. The number of hydrogen-bond donors (Lipinski definition) is 2. The van der Waals surface area contributed by atoms with Crippen LogP contribution in [-0.4, -0.2) is 0 Å². The van der Waals surface area contributed by atoms with Gasteiger partial charge in [-0.25, -0.2) is 0 Å². The fourth-order valence-electron chi connectivity index (χ4n) is 5.77. The molecule has 0 aromatic heterocycles. The second-order valence-corrected chi connectivity index (χ2v) is 10.7. The third-order valence-corrected chi connectivity index (χ3v) is 8.21. The van der Waals surface area contributed by atoms with Gasteiger partial charge in [-0.3, -0.25) is 0 Å². The van der Waals surface area contributed by atoms with E-state index < -0.39 is 0 Å². The zero-order chi connectivity index (χ0) is 26.7. The summed E-state index contributed by atoms with van der Waals surface area (Å²) < 4.78 is 12.4. The molecule has 0 radical (unpaired) electrons. The van der Waals surface area contributed by atoms with Gasteiger partial charge in [0.15, 0.2) is 0 Å². The first-order chi connectivity index (χ1) is 18.4. The first-order valence-corrected chi connectivity index (χ1v) is 13.7. The van der Waals surface area contributed by atoms with Gasteiger partial charge in [0.2, 0.25) is 0 Å². The molecule has 1 aliphatic carbocycles. The quantitative estimate of drug-likeness (QED) is 0.245. The first kappa shape index (κ1) is 25.7. The Balaban J connectivity index is 1.47. The SMILES string of the molecule is CCC1CCC(c2ccc(Oc3ccc(N)cc3)c(C)c2)(c2ccc(Oc3ccc(N)cc3)c(C)c2)CC1. The summed E-state index contributed by atoms with van der Waals surface area (Å²) in [6, 6.07) is 28.5. The fourth-order valence-corrected chi connectivity index (χ4v) is 5.77. The van der Waals surface area contributed by atoms with Crippen molar-refractivity contribution in [2.45, 2.75) is 58.3 Å². The van der Waals surface area contributed by atoms with Gasteiger partial charge in [0.05, 0.1) is 0 Å². The first-order valence-electron chi connectivity index (χ1n) is 13.7. The molecule has 0 amide bonds. The van der Waals surface area contributed by atoms with Crippen LogP contribution in [-0.2, 0) is 5.41 Å². The predicted octanol–water partition coefficient (Wildman–Crippen LogP) is 8.94. The third-order valence-electron chi connectivity index (χ3n) is 8.21. The average Bonchev–Trinajstić information content (AvgIpc) is 2.93. The van der Waals surface area contributed by atoms with E-state index in [2.05, 4.69) is 57.2 Å². The molecule has 4 aromatic carbocycles. The highest BCUT2D eigenvalue weighted by Gasteiger charge is 2.38. The van der Waals surface area contributed by atoms with E-state index in [1.807, 2.05) is 48.5 Å². The molecule has 0 atom stereocenters. The van der Waals surface area contributed by atoms with Crippen LogP contribution in [0.4, 0.5) is 11.4 Å². The number of nitrogens with two attached hydrogens (primary N) is 2. The molecule has 1 aliphatic rings. The van der Waals surface area contributed by atoms with Crippen LogP contribution in [0.2, 0.25) is 0 Å². The van der Waals surface area contributed by atoms with Gasteiger partial charge in [0, 0.05) is 16.8 Å². The predicted molar refractivity (Wildman–Crippen MR) is 157 cm³/mol. The number of rotatable bonds is 7. The summed E-state index contributed by atoms with van der Waals surface area (Å²) in [4.78, 5) is 0. The largest absolute Gasteiger partial charge is 0.457 e. The minimum absolute atomic E-state index is 0.0271. The van der Waals surface area contributed by atoms with Gasteiger partial charge in [0.1, 0.15) is 23.0 Å². The highest BCUT2D eigenvalue weighted by Crippen LogP contribution is 2.49. The van der Waals surface area contributed by atoms with Crippen LogP contribution < -0.4 is 20.9 Å². The lowest BCUT2D eigenvalue weighted by Gasteiger charge is -2.42. The summed E-state index contributed by atoms with van der Waals surface area (Å²) in [5, 5.41) is 0. The molecule has 0 unspecified atom stereocenters. The van der Waals surface area contributed by atoms with Crippen molar-refractivity contribution in [3.8, 4) is 23.0 Å². The molecular weight excluding hydrogens is 468 g/mol. The van der Waals surface area contributed by atoms with Crippen LogP contribution in [0.15, 0.2) is 84.9 Å². The minimum atomic E-state index is -0.0271. The lowest BCUT2D eigenvalue weighted by Crippen LogP contribution is -2.33. The second-order valence-electron chi connectivity index (χ2n) is 10.7. The van der Waals surface area contributed by atoms with Gasteiger partial charge >= 0.3 is 0 Å². The van der Waals surface area contributed by atoms with Gasteiger partial charge in [-0.15, -0.1) is 0 Å². The maximum absolute atomic E-state index is 6.20. The Morgan fingerprint density at radius 2 is 1.08 bits per heavy atom. The molecule has 4 N–H and O–H groups in total. The third kappa shape index (κ3) is 5.35. The molecule has 1 saturated carbocycles. The van der Waals surface area contributed by atoms with E-state index in [9.17, 15) is 0 Å². The Morgan fingerprint density at radius 3 is 1.45 bits per heavy atom. The standard InChI is InChI=1S/C34H38N2O2/c1-4-25-17-19-34(20-18-25,26-5-15-32(23(2)21-26)37-30-11-7-28(35)8-12-30)27-6-16-33(24(3)22-27)38-31-13-9-29(36)10-14-31/h5-16,21-22,25H,4,17-20,35-36H2,1-3H3. The molecule has 0 heterocycles. The van der Waals surface area contributed by atoms with Crippen molar-refractivity contribution in [3.05, 3.63) is 107 Å². The summed E-state index contributed by atoms with van der Waals surface area (Å²) >= 11 is 0. The molecule has 0 saturated heterocycles. The van der Waals surface area contributed by atoms with Crippen LogP contribution in [0.3, 0.4) is 0 Å². The number of aryl methyl sites for hydroxylation is 2. The molecule has 4 nitrogen and oxygen atoms in total. The van der Waals surface area contributed by atoms with Crippen LogP contribution in [0.1, 0.15) is 61.3 Å². The number of benzene rings is 4. The topological polar surface area (TPSA) is 70.5 Å². The van der Waals surface area contributed by atoms with Crippen molar-refractivity contribution in [2.75, 3.05) is 11.5 Å². The van der Waals surface area contributed by atoms with Crippen molar-refractivity contribution >= 4 is 11.4 Å². The van der Waals surface area contributed by atoms with Crippen molar-refractivity contribution in [1.82, 2.24) is 0 Å². The summed E-state index contributed by atoms with van der Waals surface area (Å²) in [7, 11) is 0. The minimum Gasteiger partial charge on any atom is -0.457 e. The van der Waals surface area contributed by atoms with E-state index in [4.69, 9.17) is 20.9 Å². The molecule has 38 heavy (non-hydrogen) atoms. The van der Waals surface area contributed by atoms with Gasteiger partial charge < -0.3 is 20.9 Å². The Labute approximate surface area is 226 Å². The van der Waals surface area contributed by atoms with Gasteiger partial charge in [-0.1, -0.05) is 37.6 Å². The molecule has 1 fully saturated rings. The van der Waals surface area contributed by atoms with Gasteiger partial charge in [-0.2, -0.15) is 0 Å². The normalized spacial score (nSPS) is 15.2. The lowest BCUT2D eigenvalue weighted by molar-refractivity contribution is 0.260. The Kier molecular flexibility index (Phi) is 7.33. The van der Waals surface area contributed by atoms with Crippen molar-refractivity contribution in [2.24, 2.45) is 5.92 Å². The van der Waals surface area contributed by atoms with E-state index in [-0.39, 0.29) is 5.41 Å². The highest BCUT2D eigenvalue weighted by atomic mass is 16.5. The van der Waals surface area contributed by atoms with Crippen molar-refractivity contribution in [1.29, 1.82) is 0 Å². The zero-order valence-corrected chi connectivity index (χ0v) is 22.7. The Morgan fingerprint density at radius 1 is 0.658 bits per heavy atom. The maximum Gasteiger partial charge on any atom is 0.130 e. The van der Waals surface area contributed by atoms with Gasteiger partial charge in [0.25, 0.3) is 0 Å². The molecule has 4 heteroatoms. The second kappa shape index (κ2) is 10.8. The smallest absolute Gasteiger partial charge is 0.130 e. The number of ether oxygens (including phenoxy) is 2. The highest BCUT2D eigenvalue weighted by molar-refractivity contribution is 5.51. The van der Waals surface area contributed by atoms with E-state index in [0.29, 0.717) is 0 Å². The van der Waals surface area contributed by atoms with Crippen LogP contribution in [0.5, 0.6) is 23.0 Å². The van der Waals surface area contributed by atoms with Gasteiger partial charge in [-0.05, 0) is 128 Å². The summed E-state index contributed by atoms with van der Waals surface area (Å²) in [5.74, 6) is 4.13. The van der Waals surface area contributed by atoms with E-state index in [0.717, 1.165) is 64.3 Å². The summed E-state index contributed by atoms with van der Waals surface area (Å²) in [6.07, 6.45) is 6.00. The number of hydrogen-bond acceptors (Lipinski definition) is 4. The Bertz CT molecular complexity index is 1290. The summed E-state index contributed by atoms with van der Waals surface area (Å²) in [6.45, 7) is 6.59. The molecule has 0 aliphatic heterocycles. The molecular formula is C34H38N2O2. The van der Waals surface area contributed by atoms with Crippen LogP contribution in [0, 0.1) is 19.8 Å². The van der Waals surface area contributed by atoms with Crippen molar-refractivity contribution in [3.63, 3.8) is 0 Å². The van der Waals surface area contributed by atoms with Crippen LogP contribution >= 0.6 is 0 Å². The van der Waals surface area contributed by atoms with Crippen LogP contribution in [0.25, 0.3) is 0 Å². The van der Waals surface area contributed by atoms with Crippen molar-refractivity contribution < 1.29 is 9.47 Å². The number of nitrogen functional groups attached to an aromatic ring is 2. The molecule has 4 aromatic rings. The molecule has 196 valence electrons. The average molecular weight is 507 g/mol. The lowest BCUT2D eigenvalue weighted by atomic mass is 9.62. The number of anilines is 2. The fraction of sp³-hybridized carbons (Fsp3) is 0.294. The van der Waals surface area contributed by atoms with E-state index in [1.54, 1.807) is 0 Å². The van der Waals surface area contributed by atoms with E-state index in [1.165, 1.54) is 30.4 Å². The molecule has 5 rings (SSSR count). The Hall–Kier alpha value is -3.92. The molecule has 0 spiro atoms. The van der Waals surface area contributed by atoms with E-state index >= 15 is 0 Å². The maximum atomic E-state index is 6.20. The monoisotopic (exact) mass is 506 g/mol. The summed E-state index contributed by atoms with van der Waals surface area (Å²) in [5.41, 5.74) is 18.1.